The first-order chi connectivity index (χ1) is 9.81. The van der Waals surface area contributed by atoms with Gasteiger partial charge in [0.1, 0.15) is 5.75 Å². The van der Waals surface area contributed by atoms with Crippen LogP contribution >= 0.6 is 0 Å². The largest absolute Gasteiger partial charge is 0.497 e. The molecule has 2 heteroatoms. The number of hydrogen-bond acceptors (Lipinski definition) is 2. The summed E-state index contributed by atoms with van der Waals surface area (Å²) in [4.78, 5) is 0. The van der Waals surface area contributed by atoms with Crippen molar-refractivity contribution in [2.75, 3.05) is 12.4 Å². The Bertz CT molecular complexity index is 476. The number of ether oxygens (including phenoxy) is 1. The fourth-order valence-corrected chi connectivity index (χ4v) is 3.93. The van der Waals surface area contributed by atoms with Gasteiger partial charge in [-0.05, 0) is 54.9 Å². The molecule has 1 aromatic carbocycles. The van der Waals surface area contributed by atoms with Gasteiger partial charge in [0.2, 0.25) is 0 Å². The summed E-state index contributed by atoms with van der Waals surface area (Å²) in [5.74, 6) is 2.36. The molecule has 1 saturated carbocycles. The van der Waals surface area contributed by atoms with E-state index >= 15 is 0 Å². The SMILES string of the molecule is C=C[C@@H](C1CCCCC1)[C@@H]1Cc2cc(OC)ccc2N1. The minimum Gasteiger partial charge on any atom is -0.497 e. The van der Waals surface area contributed by atoms with Crippen LogP contribution in [0.4, 0.5) is 5.69 Å². The van der Waals surface area contributed by atoms with Gasteiger partial charge in [-0.25, -0.2) is 0 Å². The first-order valence-electron chi connectivity index (χ1n) is 7.88. The second-order valence-corrected chi connectivity index (χ2v) is 6.19. The highest BCUT2D eigenvalue weighted by atomic mass is 16.5. The molecule has 1 aromatic rings. The number of nitrogens with one attached hydrogen (secondary N) is 1. The summed E-state index contributed by atoms with van der Waals surface area (Å²) in [7, 11) is 1.73. The number of anilines is 1. The van der Waals surface area contributed by atoms with E-state index in [1.807, 2.05) is 6.07 Å². The predicted molar refractivity (Wildman–Crippen MR) is 84.4 cm³/mol. The summed E-state index contributed by atoms with van der Waals surface area (Å²) in [6.07, 6.45) is 10.2. The summed E-state index contributed by atoms with van der Waals surface area (Å²) >= 11 is 0. The van der Waals surface area contributed by atoms with E-state index in [4.69, 9.17) is 4.74 Å². The van der Waals surface area contributed by atoms with Crippen molar-refractivity contribution in [1.29, 1.82) is 0 Å². The maximum Gasteiger partial charge on any atom is 0.119 e. The van der Waals surface area contributed by atoms with Crippen LogP contribution in [0, 0.1) is 11.8 Å². The molecule has 2 aliphatic rings. The van der Waals surface area contributed by atoms with Gasteiger partial charge >= 0.3 is 0 Å². The lowest BCUT2D eigenvalue weighted by molar-refractivity contribution is 0.266. The van der Waals surface area contributed by atoms with Gasteiger partial charge < -0.3 is 10.1 Å². The van der Waals surface area contributed by atoms with Crippen molar-refractivity contribution >= 4 is 5.69 Å². The van der Waals surface area contributed by atoms with Crippen LogP contribution in [0.3, 0.4) is 0 Å². The van der Waals surface area contributed by atoms with Crippen molar-refractivity contribution in [1.82, 2.24) is 0 Å². The summed E-state index contributed by atoms with van der Waals surface area (Å²) in [6.45, 7) is 4.11. The van der Waals surface area contributed by atoms with E-state index in [0.29, 0.717) is 12.0 Å². The van der Waals surface area contributed by atoms with Crippen LogP contribution in [-0.4, -0.2) is 13.2 Å². The maximum absolute atomic E-state index is 5.33. The highest BCUT2D eigenvalue weighted by Crippen LogP contribution is 2.38. The fraction of sp³-hybridized carbons (Fsp3) is 0.556. The molecule has 0 saturated heterocycles. The molecule has 0 unspecified atom stereocenters. The van der Waals surface area contributed by atoms with E-state index in [-0.39, 0.29) is 0 Å². The molecular formula is C18H25NO. The van der Waals surface area contributed by atoms with Gasteiger partial charge in [-0.3, -0.25) is 0 Å². The van der Waals surface area contributed by atoms with E-state index in [9.17, 15) is 0 Å². The highest BCUT2D eigenvalue weighted by Gasteiger charge is 2.32. The molecule has 2 nitrogen and oxygen atoms in total. The molecule has 3 rings (SSSR count). The number of rotatable bonds is 4. The Morgan fingerprint density at radius 1 is 1.30 bits per heavy atom. The second kappa shape index (κ2) is 5.90. The fourth-order valence-electron chi connectivity index (χ4n) is 3.93. The third kappa shape index (κ3) is 2.56. The average molecular weight is 271 g/mol. The van der Waals surface area contributed by atoms with Gasteiger partial charge in [-0.1, -0.05) is 25.3 Å². The Morgan fingerprint density at radius 2 is 2.10 bits per heavy atom. The average Bonchev–Trinajstić information content (AvgIpc) is 2.91. The summed E-state index contributed by atoms with van der Waals surface area (Å²) in [6, 6.07) is 6.87. The van der Waals surface area contributed by atoms with Crippen molar-refractivity contribution < 1.29 is 4.74 Å². The molecule has 108 valence electrons. The molecule has 1 heterocycles. The van der Waals surface area contributed by atoms with Crippen molar-refractivity contribution in [3.8, 4) is 5.75 Å². The van der Waals surface area contributed by atoms with Gasteiger partial charge in [0.05, 0.1) is 7.11 Å². The minimum atomic E-state index is 0.512. The third-order valence-corrected chi connectivity index (χ3v) is 5.02. The summed E-state index contributed by atoms with van der Waals surface area (Å²) < 4.78 is 5.33. The van der Waals surface area contributed by atoms with Crippen LogP contribution in [-0.2, 0) is 6.42 Å². The molecule has 0 bridgehead atoms. The van der Waals surface area contributed by atoms with Gasteiger partial charge in [-0.2, -0.15) is 0 Å². The molecule has 0 spiro atoms. The summed E-state index contributed by atoms with van der Waals surface area (Å²) in [5, 5.41) is 3.71. The zero-order valence-corrected chi connectivity index (χ0v) is 12.4. The van der Waals surface area contributed by atoms with Crippen LogP contribution in [0.25, 0.3) is 0 Å². The normalized spacial score (nSPS) is 23.8. The molecule has 1 aliphatic heterocycles. The lowest BCUT2D eigenvalue weighted by Gasteiger charge is -2.32. The van der Waals surface area contributed by atoms with Gasteiger partial charge in [0.25, 0.3) is 0 Å². The van der Waals surface area contributed by atoms with E-state index in [2.05, 4.69) is 30.1 Å². The van der Waals surface area contributed by atoms with E-state index in [0.717, 1.165) is 18.1 Å². The Labute approximate surface area is 122 Å². The van der Waals surface area contributed by atoms with E-state index < -0.39 is 0 Å². The molecule has 1 aliphatic carbocycles. The zero-order valence-electron chi connectivity index (χ0n) is 12.4. The van der Waals surface area contributed by atoms with Crippen LogP contribution in [0.5, 0.6) is 5.75 Å². The molecule has 20 heavy (non-hydrogen) atoms. The lowest BCUT2D eigenvalue weighted by atomic mass is 9.76. The first kappa shape index (κ1) is 13.5. The maximum atomic E-state index is 5.33. The Hall–Kier alpha value is -1.44. The smallest absolute Gasteiger partial charge is 0.119 e. The Morgan fingerprint density at radius 3 is 2.80 bits per heavy atom. The Balaban J connectivity index is 1.73. The van der Waals surface area contributed by atoms with Crippen LogP contribution in [0.15, 0.2) is 30.9 Å². The van der Waals surface area contributed by atoms with Crippen LogP contribution < -0.4 is 10.1 Å². The molecule has 0 aromatic heterocycles. The molecule has 0 radical (unpaired) electrons. The number of benzene rings is 1. The van der Waals surface area contributed by atoms with Crippen molar-refractivity contribution in [3.63, 3.8) is 0 Å². The molecule has 1 fully saturated rings. The van der Waals surface area contributed by atoms with Crippen LogP contribution in [0.2, 0.25) is 0 Å². The first-order valence-corrected chi connectivity index (χ1v) is 7.88. The second-order valence-electron chi connectivity index (χ2n) is 6.19. The lowest BCUT2D eigenvalue weighted by Crippen LogP contribution is -2.32. The number of fused-ring (bicyclic) bond motifs is 1. The molecular weight excluding hydrogens is 246 g/mol. The van der Waals surface area contributed by atoms with Crippen molar-refractivity contribution in [2.24, 2.45) is 11.8 Å². The van der Waals surface area contributed by atoms with Crippen molar-refractivity contribution in [2.45, 2.75) is 44.6 Å². The number of hydrogen-bond donors (Lipinski definition) is 1. The monoisotopic (exact) mass is 271 g/mol. The molecule has 0 amide bonds. The topological polar surface area (TPSA) is 21.3 Å². The van der Waals surface area contributed by atoms with Crippen molar-refractivity contribution in [3.05, 3.63) is 36.4 Å². The number of methoxy groups -OCH3 is 1. The third-order valence-electron chi connectivity index (χ3n) is 5.02. The highest BCUT2D eigenvalue weighted by molar-refractivity contribution is 5.59. The van der Waals surface area contributed by atoms with E-state index in [1.165, 1.54) is 43.4 Å². The predicted octanol–water partition coefficient (Wildman–Crippen LogP) is 4.41. The molecule has 1 N–H and O–H groups in total. The Kier molecular flexibility index (Phi) is 4.00. The minimum absolute atomic E-state index is 0.512. The van der Waals surface area contributed by atoms with E-state index in [1.54, 1.807) is 7.11 Å². The zero-order chi connectivity index (χ0) is 13.9. The summed E-state index contributed by atoms with van der Waals surface area (Å²) in [5.41, 5.74) is 2.66. The quantitative estimate of drug-likeness (QED) is 0.819. The van der Waals surface area contributed by atoms with Gasteiger partial charge in [0.15, 0.2) is 0 Å². The van der Waals surface area contributed by atoms with Crippen LogP contribution in [0.1, 0.15) is 37.7 Å². The van der Waals surface area contributed by atoms with Gasteiger partial charge in [0, 0.05) is 11.7 Å². The molecule has 2 atom stereocenters. The standard InChI is InChI=1S/C18H25NO/c1-3-16(13-7-5-4-6-8-13)18-12-14-11-15(20-2)9-10-17(14)19-18/h3,9-11,13,16,18-19H,1,4-8,12H2,2H3/t16-,18-/m0/s1. The van der Waals surface area contributed by atoms with Gasteiger partial charge in [-0.15, -0.1) is 6.58 Å².